The number of sulfonamides is 1. The van der Waals surface area contributed by atoms with E-state index in [-0.39, 0.29) is 22.6 Å². The summed E-state index contributed by atoms with van der Waals surface area (Å²) in [6.07, 6.45) is 0. The van der Waals surface area contributed by atoms with Crippen molar-refractivity contribution in [3.8, 4) is 0 Å². The number of amides is 1. The molecule has 1 amide bonds. The third-order valence-corrected chi connectivity index (χ3v) is 4.95. The van der Waals surface area contributed by atoms with E-state index in [2.05, 4.69) is 15.4 Å². The van der Waals surface area contributed by atoms with Crippen LogP contribution in [0.4, 0.5) is 5.69 Å². The monoisotopic (exact) mass is 297 g/mol. The van der Waals surface area contributed by atoms with Gasteiger partial charge in [-0.25, -0.2) is 13.1 Å². The second-order valence-electron chi connectivity index (χ2n) is 4.97. The van der Waals surface area contributed by atoms with Crippen molar-refractivity contribution in [1.82, 2.24) is 10.0 Å². The minimum atomic E-state index is -3.50. The van der Waals surface area contributed by atoms with Crippen LogP contribution in [0.25, 0.3) is 0 Å². The van der Waals surface area contributed by atoms with Crippen LogP contribution in [0.3, 0.4) is 0 Å². The summed E-state index contributed by atoms with van der Waals surface area (Å²) in [5, 5.41) is 5.95. The van der Waals surface area contributed by atoms with E-state index in [9.17, 15) is 13.2 Å². The van der Waals surface area contributed by atoms with Crippen LogP contribution in [0.2, 0.25) is 0 Å². The molecule has 0 unspecified atom stereocenters. The van der Waals surface area contributed by atoms with E-state index >= 15 is 0 Å². The van der Waals surface area contributed by atoms with Gasteiger partial charge in [0.1, 0.15) is 0 Å². The first-order valence-electron chi connectivity index (χ1n) is 6.49. The van der Waals surface area contributed by atoms with E-state index in [1.165, 1.54) is 19.2 Å². The van der Waals surface area contributed by atoms with Crippen molar-refractivity contribution in [2.24, 2.45) is 11.8 Å². The van der Waals surface area contributed by atoms with Gasteiger partial charge in [-0.3, -0.25) is 4.79 Å². The zero-order valence-electron chi connectivity index (χ0n) is 11.5. The fourth-order valence-corrected chi connectivity index (χ4v) is 3.03. The maximum Gasteiger partial charge on any atom is 0.240 e. The van der Waals surface area contributed by atoms with Gasteiger partial charge in [-0.1, -0.05) is 13.0 Å². The Labute approximate surface area is 119 Å². The zero-order chi connectivity index (χ0) is 14.8. The molecule has 6 nitrogen and oxygen atoms in total. The lowest BCUT2D eigenvalue weighted by Crippen LogP contribution is -2.28. The SMILES string of the molecule is CNS(=O)(=O)c1cccc(NC(=O)[C@@H]2CNC[C@H]2C)c1. The van der Waals surface area contributed by atoms with Gasteiger partial charge in [-0.05, 0) is 37.7 Å². The molecule has 0 spiro atoms. The first kappa shape index (κ1) is 15.0. The predicted molar refractivity (Wildman–Crippen MR) is 76.8 cm³/mol. The Morgan fingerprint density at radius 3 is 2.70 bits per heavy atom. The second-order valence-corrected chi connectivity index (χ2v) is 6.85. The van der Waals surface area contributed by atoms with Crippen molar-refractivity contribution in [3.05, 3.63) is 24.3 Å². The van der Waals surface area contributed by atoms with E-state index in [1.54, 1.807) is 12.1 Å². The molecule has 0 aromatic heterocycles. The van der Waals surface area contributed by atoms with Crippen LogP contribution < -0.4 is 15.4 Å². The summed E-state index contributed by atoms with van der Waals surface area (Å²) in [6.45, 7) is 3.50. The van der Waals surface area contributed by atoms with Gasteiger partial charge in [0, 0.05) is 12.2 Å². The fraction of sp³-hybridized carbons (Fsp3) is 0.462. The highest BCUT2D eigenvalue weighted by molar-refractivity contribution is 7.89. The van der Waals surface area contributed by atoms with Crippen LogP contribution in [0.1, 0.15) is 6.92 Å². The molecule has 20 heavy (non-hydrogen) atoms. The van der Waals surface area contributed by atoms with Crippen molar-refractivity contribution in [3.63, 3.8) is 0 Å². The normalized spacial score (nSPS) is 22.7. The van der Waals surface area contributed by atoms with Gasteiger partial charge >= 0.3 is 0 Å². The van der Waals surface area contributed by atoms with Crippen LogP contribution in [0.15, 0.2) is 29.2 Å². The van der Waals surface area contributed by atoms with Crippen LogP contribution in [0, 0.1) is 11.8 Å². The van der Waals surface area contributed by atoms with E-state index in [0.29, 0.717) is 12.2 Å². The van der Waals surface area contributed by atoms with Crippen molar-refractivity contribution >= 4 is 21.6 Å². The highest BCUT2D eigenvalue weighted by atomic mass is 32.2. The number of nitrogens with one attached hydrogen (secondary N) is 3. The van der Waals surface area contributed by atoms with E-state index in [1.807, 2.05) is 6.92 Å². The zero-order valence-corrected chi connectivity index (χ0v) is 12.3. The molecule has 2 rings (SSSR count). The molecular weight excluding hydrogens is 278 g/mol. The van der Waals surface area contributed by atoms with Gasteiger partial charge in [-0.15, -0.1) is 0 Å². The molecule has 1 fully saturated rings. The number of hydrogen-bond donors (Lipinski definition) is 3. The maximum atomic E-state index is 12.1. The Balaban J connectivity index is 2.14. The number of rotatable bonds is 4. The highest BCUT2D eigenvalue weighted by Gasteiger charge is 2.29. The second kappa shape index (κ2) is 5.90. The molecule has 0 bridgehead atoms. The number of carbonyl (C=O) groups excluding carboxylic acids is 1. The largest absolute Gasteiger partial charge is 0.326 e. The van der Waals surface area contributed by atoms with Gasteiger partial charge in [0.05, 0.1) is 10.8 Å². The molecule has 7 heteroatoms. The number of benzene rings is 1. The van der Waals surface area contributed by atoms with Gasteiger partial charge in [0.2, 0.25) is 15.9 Å². The molecule has 3 N–H and O–H groups in total. The molecule has 1 aliphatic rings. The molecule has 0 saturated carbocycles. The van der Waals surface area contributed by atoms with Crippen molar-refractivity contribution in [1.29, 1.82) is 0 Å². The summed E-state index contributed by atoms with van der Waals surface area (Å²) >= 11 is 0. The number of carbonyl (C=O) groups is 1. The van der Waals surface area contributed by atoms with Gasteiger partial charge in [0.25, 0.3) is 0 Å². The molecule has 0 radical (unpaired) electrons. The lowest BCUT2D eigenvalue weighted by atomic mass is 9.97. The molecule has 0 aliphatic carbocycles. The summed E-state index contributed by atoms with van der Waals surface area (Å²) in [5.74, 6) is 0.111. The van der Waals surface area contributed by atoms with Crippen LogP contribution in [-0.4, -0.2) is 34.5 Å². The Morgan fingerprint density at radius 1 is 1.35 bits per heavy atom. The Bertz CT molecular complexity index is 601. The topological polar surface area (TPSA) is 87.3 Å². The molecule has 1 aliphatic heterocycles. The quantitative estimate of drug-likeness (QED) is 0.750. The molecule has 1 aromatic carbocycles. The van der Waals surface area contributed by atoms with Crippen LogP contribution in [-0.2, 0) is 14.8 Å². The standard InChI is InChI=1S/C13H19N3O3S/c1-9-7-15-8-12(9)13(17)16-10-4-3-5-11(6-10)20(18,19)14-2/h3-6,9,12,14-15H,7-8H2,1-2H3,(H,16,17)/t9-,12-/m1/s1. The lowest BCUT2D eigenvalue weighted by Gasteiger charge is -2.14. The number of hydrogen-bond acceptors (Lipinski definition) is 4. The minimum absolute atomic E-state index is 0.0819. The van der Waals surface area contributed by atoms with E-state index in [0.717, 1.165) is 6.54 Å². The van der Waals surface area contributed by atoms with Crippen molar-refractivity contribution in [2.45, 2.75) is 11.8 Å². The van der Waals surface area contributed by atoms with E-state index < -0.39 is 10.0 Å². The van der Waals surface area contributed by atoms with Crippen LogP contribution in [0.5, 0.6) is 0 Å². The average molecular weight is 297 g/mol. The smallest absolute Gasteiger partial charge is 0.240 e. The Hall–Kier alpha value is -1.44. The van der Waals surface area contributed by atoms with Gasteiger partial charge in [0.15, 0.2) is 0 Å². The molecule has 1 saturated heterocycles. The molecule has 1 heterocycles. The van der Waals surface area contributed by atoms with Gasteiger partial charge < -0.3 is 10.6 Å². The lowest BCUT2D eigenvalue weighted by molar-refractivity contribution is -0.120. The summed E-state index contributed by atoms with van der Waals surface area (Å²) in [5.41, 5.74) is 0.491. The third kappa shape index (κ3) is 3.17. The average Bonchev–Trinajstić information content (AvgIpc) is 2.85. The highest BCUT2D eigenvalue weighted by Crippen LogP contribution is 2.20. The Morgan fingerprint density at radius 2 is 2.10 bits per heavy atom. The molecule has 2 atom stereocenters. The summed E-state index contributed by atoms with van der Waals surface area (Å²) in [7, 11) is -2.15. The summed E-state index contributed by atoms with van der Waals surface area (Å²) in [6, 6.07) is 6.23. The Kier molecular flexibility index (Phi) is 4.42. The number of anilines is 1. The predicted octanol–water partition coefficient (Wildman–Crippen LogP) is 0.389. The van der Waals surface area contributed by atoms with Crippen molar-refractivity contribution < 1.29 is 13.2 Å². The van der Waals surface area contributed by atoms with Crippen LogP contribution >= 0.6 is 0 Å². The molecule has 1 aromatic rings. The minimum Gasteiger partial charge on any atom is -0.326 e. The van der Waals surface area contributed by atoms with E-state index in [4.69, 9.17) is 0 Å². The summed E-state index contributed by atoms with van der Waals surface area (Å²) < 4.78 is 25.7. The first-order valence-corrected chi connectivity index (χ1v) is 7.97. The van der Waals surface area contributed by atoms with Gasteiger partial charge in [-0.2, -0.15) is 0 Å². The summed E-state index contributed by atoms with van der Waals surface area (Å²) in [4.78, 5) is 12.3. The van der Waals surface area contributed by atoms with Crippen molar-refractivity contribution in [2.75, 3.05) is 25.5 Å². The maximum absolute atomic E-state index is 12.1. The first-order chi connectivity index (χ1) is 9.44. The molecular formula is C13H19N3O3S. The molecule has 110 valence electrons. The fourth-order valence-electron chi connectivity index (χ4n) is 2.25. The third-order valence-electron chi connectivity index (χ3n) is 3.53.